The first-order valence-electron chi connectivity index (χ1n) is 6.36. The predicted molar refractivity (Wildman–Crippen MR) is 74.7 cm³/mol. The van der Waals surface area contributed by atoms with Crippen LogP contribution in [0.25, 0.3) is 0 Å². The summed E-state index contributed by atoms with van der Waals surface area (Å²) in [6.45, 7) is 3.30. The van der Waals surface area contributed by atoms with Gasteiger partial charge in [-0.05, 0) is 25.5 Å². The molecule has 0 aromatic heterocycles. The molecule has 0 aliphatic carbocycles. The molecule has 0 spiro atoms. The molecule has 0 atom stereocenters. The Labute approximate surface area is 118 Å². The number of Topliss-reactive ketones (excluding diaryl/α,β-unsaturated/α-hetero) is 1. The Morgan fingerprint density at radius 2 is 1.85 bits per heavy atom. The summed E-state index contributed by atoms with van der Waals surface area (Å²) in [5.41, 5.74) is 0.957. The smallest absolute Gasteiger partial charge is 0.303 e. The van der Waals surface area contributed by atoms with Crippen molar-refractivity contribution in [3.8, 4) is 0 Å². The van der Waals surface area contributed by atoms with Crippen LogP contribution in [-0.4, -0.2) is 31.0 Å². The number of aryl methyl sites for hydroxylation is 1. The van der Waals surface area contributed by atoms with Crippen molar-refractivity contribution in [2.45, 2.75) is 38.0 Å². The monoisotopic (exact) mass is 298 g/mol. The highest BCUT2D eigenvalue weighted by molar-refractivity contribution is 7.91. The minimum atomic E-state index is -3.47. The number of aliphatic carboxylic acids is 1. The molecule has 0 saturated carbocycles. The summed E-state index contributed by atoms with van der Waals surface area (Å²) in [7, 11) is -3.47. The predicted octanol–water partition coefficient (Wildman–Crippen LogP) is 2.23. The van der Waals surface area contributed by atoms with Gasteiger partial charge < -0.3 is 5.11 Å². The Morgan fingerprint density at radius 3 is 2.40 bits per heavy atom. The number of ketones is 1. The second-order valence-corrected chi connectivity index (χ2v) is 6.82. The van der Waals surface area contributed by atoms with Gasteiger partial charge in [0.2, 0.25) is 0 Å². The summed E-state index contributed by atoms with van der Waals surface area (Å²) in [6, 6.07) is 4.64. The Balaban J connectivity index is 3.07. The number of hydrogen-bond donors (Lipinski definition) is 1. The third-order valence-corrected chi connectivity index (χ3v) is 4.73. The zero-order chi connectivity index (χ0) is 15.3. The lowest BCUT2D eigenvalue weighted by Gasteiger charge is -2.09. The molecule has 5 nitrogen and oxygen atoms in total. The quantitative estimate of drug-likeness (QED) is 0.780. The number of carbonyl (C=O) groups is 2. The highest BCUT2D eigenvalue weighted by atomic mass is 32.2. The van der Waals surface area contributed by atoms with Gasteiger partial charge in [-0.15, -0.1) is 0 Å². The maximum Gasteiger partial charge on any atom is 0.303 e. The molecule has 0 bridgehead atoms. The zero-order valence-corrected chi connectivity index (χ0v) is 12.4. The number of hydrogen-bond acceptors (Lipinski definition) is 4. The van der Waals surface area contributed by atoms with Gasteiger partial charge in [0, 0.05) is 18.4 Å². The van der Waals surface area contributed by atoms with E-state index in [2.05, 4.69) is 0 Å². The first-order valence-corrected chi connectivity index (χ1v) is 8.01. The van der Waals surface area contributed by atoms with Crippen LogP contribution in [0.4, 0.5) is 0 Å². The topological polar surface area (TPSA) is 88.5 Å². The molecule has 110 valence electrons. The number of benzene rings is 1. The van der Waals surface area contributed by atoms with E-state index in [1.165, 1.54) is 13.0 Å². The van der Waals surface area contributed by atoms with Crippen LogP contribution >= 0.6 is 0 Å². The molecule has 1 aromatic rings. The second kappa shape index (κ2) is 6.65. The van der Waals surface area contributed by atoms with Crippen LogP contribution in [0.1, 0.15) is 42.1 Å². The first kappa shape index (κ1) is 16.4. The van der Waals surface area contributed by atoms with Crippen LogP contribution in [0.2, 0.25) is 0 Å². The number of sulfone groups is 1. The van der Waals surface area contributed by atoms with Gasteiger partial charge in [0.25, 0.3) is 0 Å². The highest BCUT2D eigenvalue weighted by Crippen LogP contribution is 2.21. The lowest BCUT2D eigenvalue weighted by atomic mass is 10.0. The van der Waals surface area contributed by atoms with Gasteiger partial charge in [0.05, 0.1) is 10.6 Å². The van der Waals surface area contributed by atoms with Crippen LogP contribution in [0.15, 0.2) is 23.1 Å². The summed E-state index contributed by atoms with van der Waals surface area (Å²) in [4.78, 5) is 22.6. The average Bonchev–Trinajstić information content (AvgIpc) is 2.37. The molecule has 0 unspecified atom stereocenters. The van der Waals surface area contributed by atoms with E-state index in [1.807, 2.05) is 0 Å². The van der Waals surface area contributed by atoms with E-state index in [0.717, 1.165) is 5.56 Å². The normalized spacial score (nSPS) is 11.3. The van der Waals surface area contributed by atoms with Gasteiger partial charge in [-0.3, -0.25) is 9.59 Å². The van der Waals surface area contributed by atoms with Crippen molar-refractivity contribution in [3.63, 3.8) is 0 Å². The van der Waals surface area contributed by atoms with Gasteiger partial charge in [-0.2, -0.15) is 0 Å². The molecular weight excluding hydrogens is 280 g/mol. The molecule has 20 heavy (non-hydrogen) atoms. The third-order valence-electron chi connectivity index (χ3n) is 2.95. The molecule has 1 rings (SSSR count). The number of carboxylic acid groups (broad SMARTS) is 1. The van der Waals surface area contributed by atoms with Crippen LogP contribution in [0.3, 0.4) is 0 Å². The fourth-order valence-electron chi connectivity index (χ4n) is 1.82. The third kappa shape index (κ3) is 4.16. The first-order chi connectivity index (χ1) is 9.27. The minimum Gasteiger partial charge on any atom is -0.481 e. The fourth-order valence-corrected chi connectivity index (χ4v) is 2.92. The van der Waals surface area contributed by atoms with Crippen molar-refractivity contribution >= 4 is 21.6 Å². The Morgan fingerprint density at radius 1 is 1.20 bits per heavy atom. The maximum absolute atomic E-state index is 12.1. The molecule has 0 aliphatic rings. The molecule has 0 amide bonds. The lowest BCUT2D eigenvalue weighted by Crippen LogP contribution is -2.12. The summed E-state index contributed by atoms with van der Waals surface area (Å²) in [6.07, 6.45) is 0.128. The largest absolute Gasteiger partial charge is 0.481 e. The van der Waals surface area contributed by atoms with Gasteiger partial charge in [-0.25, -0.2) is 8.42 Å². The maximum atomic E-state index is 12.1. The summed E-state index contributed by atoms with van der Waals surface area (Å²) in [5, 5.41) is 8.56. The number of carbonyl (C=O) groups excluding carboxylic acids is 1. The van der Waals surface area contributed by atoms with Crippen molar-refractivity contribution in [2.24, 2.45) is 0 Å². The SMILES string of the molecule is CCS(=O)(=O)c1ccc(C)cc1C(=O)CCCC(=O)O. The van der Waals surface area contributed by atoms with Crippen molar-refractivity contribution in [1.29, 1.82) is 0 Å². The summed E-state index contributed by atoms with van der Waals surface area (Å²) < 4.78 is 23.9. The molecule has 0 fully saturated rings. The summed E-state index contributed by atoms with van der Waals surface area (Å²) >= 11 is 0. The van der Waals surface area contributed by atoms with Crippen molar-refractivity contribution in [2.75, 3.05) is 5.75 Å². The molecular formula is C14H18O5S. The zero-order valence-electron chi connectivity index (χ0n) is 11.5. The van der Waals surface area contributed by atoms with Crippen LogP contribution < -0.4 is 0 Å². The van der Waals surface area contributed by atoms with Crippen LogP contribution in [0.5, 0.6) is 0 Å². The molecule has 0 heterocycles. The fraction of sp³-hybridized carbons (Fsp3) is 0.429. The Bertz CT molecular complexity index is 616. The van der Waals surface area contributed by atoms with Crippen LogP contribution in [0, 0.1) is 6.92 Å². The van der Waals surface area contributed by atoms with Gasteiger partial charge >= 0.3 is 5.97 Å². The number of rotatable bonds is 7. The average molecular weight is 298 g/mol. The Kier molecular flexibility index (Phi) is 5.44. The van der Waals surface area contributed by atoms with E-state index in [1.54, 1.807) is 19.1 Å². The summed E-state index contributed by atoms with van der Waals surface area (Å²) in [5.74, 6) is -1.38. The van der Waals surface area contributed by atoms with Crippen molar-refractivity contribution < 1.29 is 23.1 Å². The number of carboxylic acids is 1. The van der Waals surface area contributed by atoms with E-state index in [0.29, 0.717) is 0 Å². The van der Waals surface area contributed by atoms with E-state index in [9.17, 15) is 18.0 Å². The van der Waals surface area contributed by atoms with E-state index < -0.39 is 15.8 Å². The standard InChI is InChI=1S/C14H18O5S/c1-3-20(18,19)13-8-7-10(2)9-11(13)12(15)5-4-6-14(16)17/h7-9H,3-6H2,1-2H3,(H,16,17). The molecule has 0 aliphatic heterocycles. The minimum absolute atomic E-state index is 0.0297. The molecule has 1 N–H and O–H groups in total. The van der Waals surface area contributed by atoms with Gasteiger partial charge in [-0.1, -0.05) is 18.6 Å². The van der Waals surface area contributed by atoms with E-state index >= 15 is 0 Å². The molecule has 6 heteroatoms. The van der Waals surface area contributed by atoms with Gasteiger partial charge in [0.15, 0.2) is 15.6 Å². The second-order valence-electron chi connectivity index (χ2n) is 4.57. The Hall–Kier alpha value is -1.69. The molecule has 0 radical (unpaired) electrons. The van der Waals surface area contributed by atoms with Crippen molar-refractivity contribution in [1.82, 2.24) is 0 Å². The van der Waals surface area contributed by atoms with E-state index in [4.69, 9.17) is 5.11 Å². The highest BCUT2D eigenvalue weighted by Gasteiger charge is 2.20. The van der Waals surface area contributed by atoms with Crippen LogP contribution in [-0.2, 0) is 14.6 Å². The van der Waals surface area contributed by atoms with E-state index in [-0.39, 0.29) is 41.3 Å². The van der Waals surface area contributed by atoms with Crippen molar-refractivity contribution in [3.05, 3.63) is 29.3 Å². The lowest BCUT2D eigenvalue weighted by molar-refractivity contribution is -0.137. The molecule has 0 saturated heterocycles. The van der Waals surface area contributed by atoms with Gasteiger partial charge in [0.1, 0.15) is 0 Å². The molecule has 1 aromatic carbocycles.